The summed E-state index contributed by atoms with van der Waals surface area (Å²) >= 11 is 3.44. The number of aromatic nitrogens is 2. The average molecular weight is 499 g/mol. The van der Waals surface area contributed by atoms with E-state index in [-0.39, 0.29) is 11.5 Å². The van der Waals surface area contributed by atoms with Crippen molar-refractivity contribution < 1.29 is 9.47 Å². The second kappa shape index (κ2) is 9.83. The standard InChI is InChI=1S/C24H27BrN4O3/c1-4-16(2)23-27-21-8-6-18(25)13-20(21)24(30)29(23)26-15-17-5-7-19(14-22(17)31-3)28-9-11-32-12-10-28/h5-8,13-16H,4,9-12H2,1-3H3/t16-/m1/s1. The lowest BCUT2D eigenvalue weighted by atomic mass is 10.1. The van der Waals surface area contributed by atoms with Gasteiger partial charge in [-0.1, -0.05) is 29.8 Å². The topological polar surface area (TPSA) is 69.0 Å². The van der Waals surface area contributed by atoms with Gasteiger partial charge in [-0.3, -0.25) is 4.79 Å². The molecule has 0 aliphatic carbocycles. The van der Waals surface area contributed by atoms with Crippen LogP contribution in [0.1, 0.15) is 37.6 Å². The molecule has 1 aliphatic rings. The van der Waals surface area contributed by atoms with Crippen LogP contribution in [0.5, 0.6) is 5.75 Å². The summed E-state index contributed by atoms with van der Waals surface area (Å²) in [6.07, 6.45) is 2.52. The summed E-state index contributed by atoms with van der Waals surface area (Å²) < 4.78 is 13.3. The van der Waals surface area contributed by atoms with E-state index >= 15 is 0 Å². The number of anilines is 1. The Kier molecular flexibility index (Phi) is 6.91. The smallest absolute Gasteiger partial charge is 0.282 e. The molecule has 2 heterocycles. The molecule has 0 amide bonds. The summed E-state index contributed by atoms with van der Waals surface area (Å²) in [4.78, 5) is 20.3. The maximum absolute atomic E-state index is 13.3. The van der Waals surface area contributed by atoms with Crippen molar-refractivity contribution in [3.05, 3.63) is 62.6 Å². The first-order valence-corrected chi connectivity index (χ1v) is 11.6. The van der Waals surface area contributed by atoms with Gasteiger partial charge < -0.3 is 14.4 Å². The molecule has 1 aromatic heterocycles. The van der Waals surface area contributed by atoms with Gasteiger partial charge in [0.25, 0.3) is 5.56 Å². The number of morpholine rings is 1. The Morgan fingerprint density at radius 1 is 1.25 bits per heavy atom. The Labute approximate surface area is 195 Å². The minimum atomic E-state index is -0.188. The zero-order valence-electron chi connectivity index (χ0n) is 18.5. The van der Waals surface area contributed by atoms with E-state index in [1.54, 1.807) is 19.4 Å². The fourth-order valence-electron chi connectivity index (χ4n) is 3.72. The van der Waals surface area contributed by atoms with E-state index in [0.29, 0.717) is 22.5 Å². The lowest BCUT2D eigenvalue weighted by molar-refractivity contribution is 0.122. The Morgan fingerprint density at radius 2 is 2.03 bits per heavy atom. The molecule has 0 saturated carbocycles. The molecule has 0 N–H and O–H groups in total. The predicted octanol–water partition coefficient (Wildman–Crippen LogP) is 4.40. The quantitative estimate of drug-likeness (QED) is 0.471. The van der Waals surface area contributed by atoms with Gasteiger partial charge in [0, 0.05) is 40.8 Å². The average Bonchev–Trinajstić information content (AvgIpc) is 2.83. The van der Waals surface area contributed by atoms with Crippen LogP contribution in [0.15, 0.2) is 50.8 Å². The Balaban J connectivity index is 1.75. The summed E-state index contributed by atoms with van der Waals surface area (Å²) in [5.74, 6) is 1.43. The van der Waals surface area contributed by atoms with E-state index in [1.807, 2.05) is 30.3 Å². The van der Waals surface area contributed by atoms with E-state index in [0.717, 1.165) is 48.4 Å². The summed E-state index contributed by atoms with van der Waals surface area (Å²) in [5.41, 5.74) is 2.36. The maximum Gasteiger partial charge on any atom is 0.282 e. The number of benzene rings is 2. The van der Waals surface area contributed by atoms with E-state index in [2.05, 4.69) is 39.8 Å². The van der Waals surface area contributed by atoms with Gasteiger partial charge in [-0.25, -0.2) is 4.98 Å². The first-order valence-electron chi connectivity index (χ1n) is 10.8. The van der Waals surface area contributed by atoms with Crippen LogP contribution in [0, 0.1) is 0 Å². The summed E-state index contributed by atoms with van der Waals surface area (Å²) in [5, 5.41) is 5.09. The highest BCUT2D eigenvalue weighted by Crippen LogP contribution is 2.26. The normalized spacial score (nSPS) is 15.4. The Morgan fingerprint density at radius 3 is 2.75 bits per heavy atom. The summed E-state index contributed by atoms with van der Waals surface area (Å²) in [6, 6.07) is 11.5. The predicted molar refractivity (Wildman–Crippen MR) is 131 cm³/mol. The Hall–Kier alpha value is -2.71. The molecule has 2 aromatic carbocycles. The zero-order valence-corrected chi connectivity index (χ0v) is 20.1. The van der Waals surface area contributed by atoms with Gasteiger partial charge >= 0.3 is 0 Å². The van der Waals surface area contributed by atoms with Crippen molar-refractivity contribution in [3.63, 3.8) is 0 Å². The summed E-state index contributed by atoms with van der Waals surface area (Å²) in [7, 11) is 1.64. The van der Waals surface area contributed by atoms with Crippen molar-refractivity contribution in [2.45, 2.75) is 26.2 Å². The third-order valence-corrected chi connectivity index (χ3v) is 6.29. The van der Waals surface area contributed by atoms with E-state index in [9.17, 15) is 4.79 Å². The van der Waals surface area contributed by atoms with Crippen molar-refractivity contribution in [2.24, 2.45) is 5.10 Å². The molecular weight excluding hydrogens is 472 g/mol. The minimum absolute atomic E-state index is 0.0819. The van der Waals surface area contributed by atoms with E-state index in [1.165, 1.54) is 4.68 Å². The van der Waals surface area contributed by atoms with Crippen LogP contribution in [0.3, 0.4) is 0 Å². The molecule has 3 aromatic rings. The zero-order chi connectivity index (χ0) is 22.7. The molecule has 1 atom stereocenters. The first kappa shape index (κ1) is 22.5. The highest BCUT2D eigenvalue weighted by atomic mass is 79.9. The van der Waals surface area contributed by atoms with Gasteiger partial charge in [0.15, 0.2) is 0 Å². The third kappa shape index (κ3) is 4.56. The number of fused-ring (bicyclic) bond motifs is 1. The second-order valence-corrected chi connectivity index (χ2v) is 8.74. The van der Waals surface area contributed by atoms with Gasteiger partial charge in [-0.2, -0.15) is 9.78 Å². The highest BCUT2D eigenvalue weighted by Gasteiger charge is 2.16. The molecule has 0 radical (unpaired) electrons. The minimum Gasteiger partial charge on any atom is -0.496 e. The fraction of sp³-hybridized carbons (Fsp3) is 0.375. The number of halogens is 1. The molecule has 1 saturated heterocycles. The number of rotatable bonds is 6. The number of methoxy groups -OCH3 is 1. The van der Waals surface area contributed by atoms with Crippen LogP contribution in [0.2, 0.25) is 0 Å². The molecule has 32 heavy (non-hydrogen) atoms. The van der Waals surface area contributed by atoms with Gasteiger partial charge in [0.1, 0.15) is 11.6 Å². The number of hydrogen-bond acceptors (Lipinski definition) is 6. The van der Waals surface area contributed by atoms with Gasteiger partial charge in [0.05, 0.1) is 37.4 Å². The van der Waals surface area contributed by atoms with Crippen LogP contribution in [-0.2, 0) is 4.74 Å². The lowest BCUT2D eigenvalue weighted by Crippen LogP contribution is -2.36. The summed E-state index contributed by atoms with van der Waals surface area (Å²) in [6.45, 7) is 7.27. The van der Waals surface area contributed by atoms with Crippen LogP contribution in [-0.4, -0.2) is 49.3 Å². The molecule has 8 heteroatoms. The molecule has 0 bridgehead atoms. The van der Waals surface area contributed by atoms with Crippen LogP contribution >= 0.6 is 15.9 Å². The number of nitrogens with zero attached hydrogens (tertiary/aromatic N) is 4. The van der Waals surface area contributed by atoms with Crippen molar-refractivity contribution in [3.8, 4) is 5.75 Å². The number of hydrogen-bond donors (Lipinski definition) is 0. The van der Waals surface area contributed by atoms with Crippen molar-refractivity contribution in [2.75, 3.05) is 38.3 Å². The molecule has 168 valence electrons. The maximum atomic E-state index is 13.3. The van der Waals surface area contributed by atoms with E-state index in [4.69, 9.17) is 14.5 Å². The van der Waals surface area contributed by atoms with Crippen molar-refractivity contribution in [1.29, 1.82) is 0 Å². The van der Waals surface area contributed by atoms with E-state index < -0.39 is 0 Å². The monoisotopic (exact) mass is 498 g/mol. The lowest BCUT2D eigenvalue weighted by Gasteiger charge is -2.29. The van der Waals surface area contributed by atoms with Crippen molar-refractivity contribution >= 4 is 38.7 Å². The molecular formula is C24H27BrN4O3. The SMILES string of the molecule is CC[C@@H](C)c1nc2ccc(Br)cc2c(=O)n1N=Cc1ccc(N2CCOCC2)cc1OC. The van der Waals surface area contributed by atoms with Crippen LogP contribution < -0.4 is 15.2 Å². The molecule has 0 spiro atoms. The van der Waals surface area contributed by atoms with Crippen LogP contribution in [0.4, 0.5) is 5.69 Å². The highest BCUT2D eigenvalue weighted by molar-refractivity contribution is 9.10. The fourth-order valence-corrected chi connectivity index (χ4v) is 4.08. The third-order valence-electron chi connectivity index (χ3n) is 5.79. The number of ether oxygens (including phenoxy) is 2. The molecule has 1 aliphatic heterocycles. The van der Waals surface area contributed by atoms with Gasteiger partial charge in [-0.15, -0.1) is 0 Å². The molecule has 4 rings (SSSR count). The molecule has 0 unspecified atom stereocenters. The van der Waals surface area contributed by atoms with Crippen LogP contribution in [0.25, 0.3) is 10.9 Å². The molecule has 7 nitrogen and oxygen atoms in total. The van der Waals surface area contributed by atoms with Gasteiger partial charge in [-0.05, 0) is 36.8 Å². The van der Waals surface area contributed by atoms with Crippen molar-refractivity contribution in [1.82, 2.24) is 9.66 Å². The second-order valence-electron chi connectivity index (χ2n) is 7.83. The largest absolute Gasteiger partial charge is 0.496 e. The Bertz CT molecular complexity index is 1200. The molecule has 1 fully saturated rings. The van der Waals surface area contributed by atoms with Gasteiger partial charge in [0.2, 0.25) is 0 Å². The first-order chi connectivity index (χ1) is 15.5.